The minimum Gasteiger partial charge on any atom is -0.310 e. The number of nitrogens with zero attached hydrogens (tertiary/aromatic N) is 1. The first-order valence-corrected chi connectivity index (χ1v) is 19.3. The molecule has 2 aromatic rings. The van der Waals surface area contributed by atoms with Gasteiger partial charge in [0.2, 0.25) is 0 Å². The van der Waals surface area contributed by atoms with Crippen molar-refractivity contribution in [2.45, 2.75) is 161 Å². The topological polar surface area (TPSA) is 41.5 Å². The highest BCUT2D eigenvalue weighted by atomic mass is 16.1. The Morgan fingerprint density at radius 2 is 1.31 bits per heavy atom. The highest BCUT2D eigenvalue weighted by Crippen LogP contribution is 2.27. The highest BCUT2D eigenvalue weighted by molar-refractivity contribution is 6.07. The van der Waals surface area contributed by atoms with Crippen LogP contribution in [0.25, 0.3) is 11.1 Å². The van der Waals surface area contributed by atoms with E-state index in [0.29, 0.717) is 11.5 Å². The van der Waals surface area contributed by atoms with Crippen LogP contribution in [-0.2, 0) is 0 Å². The Morgan fingerprint density at radius 1 is 0.792 bits per heavy atom. The number of unbranched alkanes of at least 4 members (excludes halogenated alkanes) is 1. The number of hydrogen-bond acceptors (Lipinski definition) is 2. The molecule has 2 aromatic carbocycles. The van der Waals surface area contributed by atoms with Crippen molar-refractivity contribution in [3.63, 3.8) is 0 Å². The summed E-state index contributed by atoms with van der Waals surface area (Å²) < 4.78 is 0. The van der Waals surface area contributed by atoms with Crippen LogP contribution in [0.1, 0.15) is 171 Å². The van der Waals surface area contributed by atoms with Crippen LogP contribution in [-0.4, -0.2) is 11.7 Å². The first-order chi connectivity index (χ1) is 23.2. The molecular weight excluding hydrogens is 585 g/mol. The van der Waals surface area contributed by atoms with Crippen molar-refractivity contribution >= 4 is 11.7 Å². The summed E-state index contributed by atoms with van der Waals surface area (Å²) >= 11 is 0. The monoisotopic (exact) mass is 661 g/mol. The van der Waals surface area contributed by atoms with Gasteiger partial charge in [0.25, 0.3) is 5.91 Å². The summed E-state index contributed by atoms with van der Waals surface area (Å²) in [4.78, 5) is 18.3. The van der Waals surface area contributed by atoms with Crippen molar-refractivity contribution < 1.29 is 4.79 Å². The molecule has 0 saturated heterocycles. The predicted octanol–water partition coefficient (Wildman–Crippen LogP) is 15.0. The maximum absolute atomic E-state index is 13.3. The molecule has 3 nitrogen and oxygen atoms in total. The van der Waals surface area contributed by atoms with Crippen LogP contribution in [0.15, 0.2) is 95.2 Å². The van der Waals surface area contributed by atoms with Crippen LogP contribution >= 0.6 is 0 Å². The first kappa shape index (κ1) is 49.2. The number of carbonyl (C=O) groups is 1. The quantitative estimate of drug-likeness (QED) is 0.162. The first-order valence-electron chi connectivity index (χ1n) is 19.3. The normalized spacial score (nSPS) is 13.0. The summed E-state index contributed by atoms with van der Waals surface area (Å²) in [7, 11) is 0. The van der Waals surface area contributed by atoms with Gasteiger partial charge in [0, 0.05) is 12.0 Å². The Labute approximate surface area is 299 Å². The Balaban J connectivity index is -0.00000125. The SMILES string of the molecule is C=C/C(C)=C(\C=C(/C)CC)N=C(CC1CCCCC1)NC(=O)c1cccc(-c2ccccc2)c1.CC.CC.CCC.CCC.CCCC. The van der Waals surface area contributed by atoms with E-state index in [1.165, 1.54) is 63.4 Å². The number of hydrogen-bond donors (Lipinski definition) is 1. The van der Waals surface area contributed by atoms with Crippen LogP contribution in [0.3, 0.4) is 0 Å². The Morgan fingerprint density at radius 3 is 1.79 bits per heavy atom. The van der Waals surface area contributed by atoms with Crippen molar-refractivity contribution in [2.75, 3.05) is 0 Å². The third kappa shape index (κ3) is 24.0. The van der Waals surface area contributed by atoms with E-state index in [-0.39, 0.29) is 5.91 Å². The molecule has 0 bridgehead atoms. The third-order valence-corrected chi connectivity index (χ3v) is 7.10. The fourth-order valence-electron chi connectivity index (χ4n) is 4.28. The summed E-state index contributed by atoms with van der Waals surface area (Å²) in [5.41, 5.74) is 5.90. The molecule has 1 N–H and O–H groups in total. The Bertz CT molecular complexity index is 1130. The molecule has 1 fully saturated rings. The minimum atomic E-state index is -0.112. The Hall–Kier alpha value is -3.20. The van der Waals surface area contributed by atoms with Crippen LogP contribution in [0.4, 0.5) is 0 Å². The van der Waals surface area contributed by atoms with Crippen molar-refractivity contribution in [3.05, 3.63) is 95.7 Å². The van der Waals surface area contributed by atoms with E-state index in [2.05, 4.69) is 85.5 Å². The fourth-order valence-corrected chi connectivity index (χ4v) is 4.28. The summed E-state index contributed by atoms with van der Waals surface area (Å²) in [6.45, 7) is 31.1. The van der Waals surface area contributed by atoms with Crippen LogP contribution < -0.4 is 5.32 Å². The molecule has 0 heterocycles. The predicted molar refractivity (Wildman–Crippen MR) is 220 cm³/mol. The van der Waals surface area contributed by atoms with Gasteiger partial charge in [-0.25, -0.2) is 4.99 Å². The maximum atomic E-state index is 13.3. The molecule has 1 saturated carbocycles. The molecule has 0 unspecified atom stereocenters. The summed E-state index contributed by atoms with van der Waals surface area (Å²) in [5, 5.41) is 3.17. The largest absolute Gasteiger partial charge is 0.310 e. The van der Waals surface area contributed by atoms with Gasteiger partial charge in [0.05, 0.1) is 5.70 Å². The van der Waals surface area contributed by atoms with Crippen molar-refractivity contribution in [2.24, 2.45) is 10.9 Å². The van der Waals surface area contributed by atoms with Gasteiger partial charge in [-0.05, 0) is 61.1 Å². The summed E-state index contributed by atoms with van der Waals surface area (Å²) in [6, 6.07) is 17.9. The zero-order valence-corrected chi connectivity index (χ0v) is 33.8. The van der Waals surface area contributed by atoms with E-state index in [1.807, 2.05) is 83.2 Å². The number of amidine groups is 1. The molecule has 1 amide bonds. The number of allylic oxidation sites excluding steroid dienone is 4. The van der Waals surface area contributed by atoms with Gasteiger partial charge in [-0.2, -0.15) is 0 Å². The average molecular weight is 661 g/mol. The molecule has 0 radical (unpaired) electrons. The fraction of sp³-hybridized carbons (Fsp3) is 0.556. The molecule has 1 aliphatic rings. The number of carbonyl (C=O) groups excluding carboxylic acids is 1. The average Bonchev–Trinajstić information content (AvgIpc) is 3.14. The van der Waals surface area contributed by atoms with Gasteiger partial charge in [-0.15, -0.1) is 0 Å². The van der Waals surface area contributed by atoms with Gasteiger partial charge in [-0.3, -0.25) is 4.79 Å². The van der Waals surface area contributed by atoms with Crippen molar-refractivity contribution in [1.82, 2.24) is 5.32 Å². The summed E-state index contributed by atoms with van der Waals surface area (Å²) in [6.07, 6.45) is 17.0. The van der Waals surface area contributed by atoms with E-state index in [9.17, 15) is 4.79 Å². The molecular formula is C45H76N2O. The number of nitrogens with one attached hydrogen (secondary N) is 1. The third-order valence-electron chi connectivity index (χ3n) is 7.10. The second-order valence-corrected chi connectivity index (χ2v) is 11.7. The van der Waals surface area contributed by atoms with Crippen LogP contribution in [0, 0.1) is 5.92 Å². The molecule has 3 heteroatoms. The zero-order valence-electron chi connectivity index (χ0n) is 33.8. The smallest absolute Gasteiger partial charge is 0.256 e. The lowest BCUT2D eigenvalue weighted by Gasteiger charge is -2.22. The van der Waals surface area contributed by atoms with E-state index in [1.54, 1.807) is 0 Å². The lowest BCUT2D eigenvalue weighted by atomic mass is 9.86. The molecule has 48 heavy (non-hydrogen) atoms. The number of benzene rings is 2. The maximum Gasteiger partial charge on any atom is 0.256 e. The lowest BCUT2D eigenvalue weighted by Crippen LogP contribution is -2.32. The Kier molecular flexibility index (Phi) is 36.0. The highest BCUT2D eigenvalue weighted by Gasteiger charge is 2.19. The molecule has 272 valence electrons. The van der Waals surface area contributed by atoms with Crippen molar-refractivity contribution in [3.8, 4) is 11.1 Å². The second kappa shape index (κ2) is 35.1. The molecule has 3 rings (SSSR count). The molecule has 1 aliphatic carbocycles. The van der Waals surface area contributed by atoms with Gasteiger partial charge in [0.1, 0.15) is 5.84 Å². The van der Waals surface area contributed by atoms with Crippen molar-refractivity contribution in [1.29, 1.82) is 0 Å². The number of amides is 1. The van der Waals surface area contributed by atoms with E-state index < -0.39 is 0 Å². The van der Waals surface area contributed by atoms with E-state index in [0.717, 1.165) is 41.1 Å². The van der Waals surface area contributed by atoms with Gasteiger partial charge in [0.15, 0.2) is 0 Å². The molecule has 0 aromatic heterocycles. The van der Waals surface area contributed by atoms with Gasteiger partial charge >= 0.3 is 0 Å². The van der Waals surface area contributed by atoms with Gasteiger partial charge in [-0.1, -0.05) is 195 Å². The summed E-state index contributed by atoms with van der Waals surface area (Å²) in [5.74, 6) is 1.20. The molecule has 0 spiro atoms. The van der Waals surface area contributed by atoms with Gasteiger partial charge < -0.3 is 5.32 Å². The van der Waals surface area contributed by atoms with Crippen LogP contribution in [0.5, 0.6) is 0 Å². The zero-order chi connectivity index (χ0) is 37.2. The molecule has 0 atom stereocenters. The van der Waals surface area contributed by atoms with E-state index in [4.69, 9.17) is 4.99 Å². The lowest BCUT2D eigenvalue weighted by molar-refractivity contribution is 0.0976. The number of rotatable bonds is 9. The minimum absolute atomic E-state index is 0.112. The standard InChI is InChI=1S/C31H38N2O.C4H10.2C3H8.2C2H6/c1-5-23(3)20-29(24(4)6-2)32-30(21-25-14-9-7-10-15-25)33-31(34)28-19-13-18-27(22-28)26-16-11-8-12-17-26;1-3-4-2;2*1-3-2;2*1-2/h6,8,11-13,16-20,22,25H,2,5,7,9-10,14-15,21H2,1,3-4H3,(H,32,33,34);3-4H2,1-2H3;2*3H2,1-2H3;2*1-2H3/b23-20+,29-24+;;;;;. The molecule has 0 aliphatic heterocycles. The van der Waals surface area contributed by atoms with Crippen LogP contribution in [0.2, 0.25) is 0 Å². The number of aliphatic imine (C=N–C) groups is 1. The second-order valence-electron chi connectivity index (χ2n) is 11.7. The van der Waals surface area contributed by atoms with E-state index >= 15 is 0 Å².